The molecule has 1 aromatic carbocycles. The van der Waals surface area contributed by atoms with E-state index in [1.165, 1.54) is 6.07 Å². The van der Waals surface area contributed by atoms with Crippen LogP contribution < -0.4 is 5.32 Å². The smallest absolute Gasteiger partial charge is 0.204 e. The fraction of sp³-hybridized carbons (Fsp3) is 0. The Morgan fingerprint density at radius 2 is 2.29 bits per heavy atom. The molecular formula is C9H7ClFN3. The van der Waals surface area contributed by atoms with Crippen LogP contribution in [0.1, 0.15) is 0 Å². The van der Waals surface area contributed by atoms with Gasteiger partial charge in [0.15, 0.2) is 0 Å². The summed E-state index contributed by atoms with van der Waals surface area (Å²) >= 11 is 5.61. The maximum absolute atomic E-state index is 13.3. The van der Waals surface area contributed by atoms with E-state index in [4.69, 9.17) is 11.6 Å². The molecule has 2 N–H and O–H groups in total. The van der Waals surface area contributed by atoms with Crippen LogP contribution in [0.25, 0.3) is 0 Å². The molecule has 14 heavy (non-hydrogen) atoms. The number of rotatable bonds is 2. The van der Waals surface area contributed by atoms with Crippen LogP contribution in [0.4, 0.5) is 16.0 Å². The minimum absolute atomic E-state index is 0.337. The Labute approximate surface area is 84.9 Å². The molecule has 2 rings (SSSR count). The van der Waals surface area contributed by atoms with Gasteiger partial charge >= 0.3 is 0 Å². The molecule has 0 bridgehead atoms. The molecule has 0 saturated carbocycles. The molecule has 0 aliphatic carbocycles. The summed E-state index contributed by atoms with van der Waals surface area (Å²) in [4.78, 5) is 6.71. The average Bonchev–Trinajstić information content (AvgIpc) is 2.62. The van der Waals surface area contributed by atoms with Crippen LogP contribution in [0, 0.1) is 5.82 Å². The van der Waals surface area contributed by atoms with Crippen LogP contribution in [0.2, 0.25) is 5.02 Å². The second kappa shape index (κ2) is 3.67. The standard InChI is InChI=1S/C9H7ClFN3/c10-6-1-2-8(7(11)5-6)14-9-12-3-4-13-9/h1-5H,(H2,12,13,14). The molecule has 0 aliphatic heterocycles. The predicted molar refractivity (Wildman–Crippen MR) is 53.3 cm³/mol. The van der Waals surface area contributed by atoms with Gasteiger partial charge in [-0.15, -0.1) is 0 Å². The van der Waals surface area contributed by atoms with E-state index in [1.807, 2.05) is 0 Å². The van der Waals surface area contributed by atoms with Crippen LogP contribution in [-0.4, -0.2) is 9.97 Å². The molecule has 2 aromatic rings. The van der Waals surface area contributed by atoms with Gasteiger partial charge in [0.25, 0.3) is 0 Å². The third-order valence-corrected chi connectivity index (χ3v) is 1.92. The summed E-state index contributed by atoms with van der Waals surface area (Å²) in [6.45, 7) is 0. The summed E-state index contributed by atoms with van der Waals surface area (Å²) in [7, 11) is 0. The molecule has 0 atom stereocenters. The van der Waals surface area contributed by atoms with Gasteiger partial charge in [0, 0.05) is 17.4 Å². The first-order chi connectivity index (χ1) is 6.75. The minimum atomic E-state index is -0.408. The van der Waals surface area contributed by atoms with Crippen LogP contribution >= 0.6 is 11.6 Å². The molecule has 0 radical (unpaired) electrons. The van der Waals surface area contributed by atoms with Crippen molar-refractivity contribution >= 4 is 23.2 Å². The van der Waals surface area contributed by atoms with Crippen molar-refractivity contribution in [1.29, 1.82) is 0 Å². The SMILES string of the molecule is Fc1cc(Cl)ccc1Nc1ncc[nH]1. The molecular weight excluding hydrogens is 205 g/mol. The number of nitrogens with zero attached hydrogens (tertiary/aromatic N) is 1. The number of benzene rings is 1. The van der Waals surface area contributed by atoms with Crippen molar-refractivity contribution in [2.75, 3.05) is 5.32 Å². The summed E-state index contributed by atoms with van der Waals surface area (Å²) in [5, 5.41) is 3.15. The Morgan fingerprint density at radius 3 is 2.93 bits per heavy atom. The van der Waals surface area contributed by atoms with Gasteiger partial charge in [-0.05, 0) is 18.2 Å². The Balaban J connectivity index is 2.25. The quantitative estimate of drug-likeness (QED) is 0.802. The van der Waals surface area contributed by atoms with Gasteiger partial charge in [0.2, 0.25) is 5.95 Å². The zero-order chi connectivity index (χ0) is 9.97. The van der Waals surface area contributed by atoms with Gasteiger partial charge in [0.1, 0.15) is 5.82 Å². The molecule has 72 valence electrons. The number of aromatic nitrogens is 2. The highest BCUT2D eigenvalue weighted by molar-refractivity contribution is 6.30. The number of H-pyrrole nitrogens is 1. The summed E-state index contributed by atoms with van der Waals surface area (Å²) in [5.41, 5.74) is 0.337. The van der Waals surface area contributed by atoms with Crippen molar-refractivity contribution < 1.29 is 4.39 Å². The van der Waals surface area contributed by atoms with Crippen molar-refractivity contribution in [3.63, 3.8) is 0 Å². The van der Waals surface area contributed by atoms with Gasteiger partial charge < -0.3 is 10.3 Å². The molecule has 5 heteroatoms. The Kier molecular flexibility index (Phi) is 2.37. The molecule has 0 spiro atoms. The predicted octanol–water partition coefficient (Wildman–Crippen LogP) is 2.95. The molecule has 0 fully saturated rings. The number of hydrogen-bond donors (Lipinski definition) is 2. The van der Waals surface area contributed by atoms with Crippen molar-refractivity contribution in [1.82, 2.24) is 9.97 Å². The lowest BCUT2D eigenvalue weighted by Gasteiger charge is -2.03. The number of halogens is 2. The van der Waals surface area contributed by atoms with Crippen LogP contribution in [0.3, 0.4) is 0 Å². The van der Waals surface area contributed by atoms with Gasteiger partial charge in [-0.2, -0.15) is 0 Å². The number of nitrogens with one attached hydrogen (secondary N) is 2. The van der Waals surface area contributed by atoms with Gasteiger partial charge in [-0.1, -0.05) is 11.6 Å². The van der Waals surface area contributed by atoms with E-state index < -0.39 is 5.82 Å². The lowest BCUT2D eigenvalue weighted by molar-refractivity contribution is 0.632. The Hall–Kier alpha value is -1.55. The largest absolute Gasteiger partial charge is 0.331 e. The second-order valence-corrected chi connectivity index (χ2v) is 3.12. The first-order valence-corrected chi connectivity index (χ1v) is 4.35. The number of imidazole rings is 1. The number of hydrogen-bond acceptors (Lipinski definition) is 2. The molecule has 3 nitrogen and oxygen atoms in total. The van der Waals surface area contributed by atoms with Gasteiger partial charge in [0.05, 0.1) is 5.69 Å². The normalized spacial score (nSPS) is 10.1. The number of anilines is 2. The topological polar surface area (TPSA) is 40.7 Å². The maximum Gasteiger partial charge on any atom is 0.204 e. The summed E-state index contributed by atoms with van der Waals surface area (Å²) < 4.78 is 13.3. The van der Waals surface area contributed by atoms with Crippen LogP contribution in [-0.2, 0) is 0 Å². The first kappa shape index (κ1) is 9.02. The molecule has 0 amide bonds. The van der Waals surface area contributed by atoms with Gasteiger partial charge in [-0.25, -0.2) is 9.37 Å². The minimum Gasteiger partial charge on any atom is -0.331 e. The van der Waals surface area contributed by atoms with Crippen LogP contribution in [0.15, 0.2) is 30.6 Å². The van der Waals surface area contributed by atoms with E-state index in [9.17, 15) is 4.39 Å². The molecule has 0 unspecified atom stereocenters. The van der Waals surface area contributed by atoms with Gasteiger partial charge in [-0.3, -0.25) is 0 Å². The zero-order valence-electron chi connectivity index (χ0n) is 7.09. The van der Waals surface area contributed by atoms with E-state index in [1.54, 1.807) is 24.5 Å². The van der Waals surface area contributed by atoms with E-state index in [0.717, 1.165) is 0 Å². The lowest BCUT2D eigenvalue weighted by Crippen LogP contribution is -1.94. The number of aromatic amines is 1. The summed E-state index contributed by atoms with van der Waals surface area (Å²) in [6, 6.07) is 4.41. The average molecular weight is 212 g/mol. The third kappa shape index (κ3) is 1.85. The highest BCUT2D eigenvalue weighted by Crippen LogP contribution is 2.20. The maximum atomic E-state index is 13.3. The van der Waals surface area contributed by atoms with Crippen molar-refractivity contribution in [3.8, 4) is 0 Å². The van der Waals surface area contributed by atoms with E-state index in [-0.39, 0.29) is 0 Å². The Bertz CT molecular complexity index is 428. The summed E-state index contributed by atoms with van der Waals surface area (Å²) in [5.74, 6) is 0.0834. The fourth-order valence-electron chi connectivity index (χ4n) is 1.05. The zero-order valence-corrected chi connectivity index (χ0v) is 7.85. The van der Waals surface area contributed by atoms with E-state index in [0.29, 0.717) is 16.7 Å². The molecule has 0 saturated heterocycles. The fourth-order valence-corrected chi connectivity index (χ4v) is 1.21. The van der Waals surface area contributed by atoms with Crippen molar-refractivity contribution in [2.24, 2.45) is 0 Å². The second-order valence-electron chi connectivity index (χ2n) is 2.69. The van der Waals surface area contributed by atoms with E-state index >= 15 is 0 Å². The summed E-state index contributed by atoms with van der Waals surface area (Å²) in [6.07, 6.45) is 3.23. The van der Waals surface area contributed by atoms with Crippen molar-refractivity contribution in [2.45, 2.75) is 0 Å². The van der Waals surface area contributed by atoms with Crippen LogP contribution in [0.5, 0.6) is 0 Å². The molecule has 1 aromatic heterocycles. The van der Waals surface area contributed by atoms with Crippen molar-refractivity contribution in [3.05, 3.63) is 41.4 Å². The monoisotopic (exact) mass is 211 g/mol. The third-order valence-electron chi connectivity index (χ3n) is 1.68. The highest BCUT2D eigenvalue weighted by Gasteiger charge is 2.03. The highest BCUT2D eigenvalue weighted by atomic mass is 35.5. The first-order valence-electron chi connectivity index (χ1n) is 3.97. The lowest BCUT2D eigenvalue weighted by atomic mass is 10.3. The van der Waals surface area contributed by atoms with E-state index in [2.05, 4.69) is 15.3 Å². The Morgan fingerprint density at radius 1 is 1.43 bits per heavy atom. The molecule has 0 aliphatic rings. The molecule has 1 heterocycles.